The van der Waals surface area contributed by atoms with Crippen LogP contribution in [-0.4, -0.2) is 31.5 Å². The van der Waals surface area contributed by atoms with Crippen LogP contribution in [0.2, 0.25) is 0 Å². The zero-order valence-corrected chi connectivity index (χ0v) is 11.0. The third-order valence-corrected chi connectivity index (χ3v) is 3.70. The van der Waals surface area contributed by atoms with Gasteiger partial charge >= 0.3 is 6.98 Å². The molecule has 1 fully saturated rings. The molecule has 0 aromatic carbocycles. The molecule has 0 bridgehead atoms. The Morgan fingerprint density at radius 3 is 2.06 bits per heavy atom. The molecule has 1 aliphatic heterocycles. The number of nitrogens with zero attached hydrogens (tertiary/aromatic N) is 1. The topological polar surface area (TPSA) is 3.24 Å². The molecule has 0 saturated carbocycles. The van der Waals surface area contributed by atoms with E-state index in [1.165, 1.54) is 0 Å². The molecule has 0 spiro atoms. The van der Waals surface area contributed by atoms with E-state index in [1.807, 2.05) is 4.90 Å². The number of likely N-dealkylation sites (tertiary alicyclic amines) is 1. The van der Waals surface area contributed by atoms with Crippen LogP contribution < -0.4 is 0 Å². The third-order valence-electron chi connectivity index (χ3n) is 3.70. The first-order valence-corrected chi connectivity index (χ1v) is 6.20. The summed E-state index contributed by atoms with van der Waals surface area (Å²) in [5, 5.41) is 0. The highest BCUT2D eigenvalue weighted by Gasteiger charge is 2.31. The van der Waals surface area contributed by atoms with E-state index in [2.05, 4.69) is 27.4 Å². The lowest BCUT2D eigenvalue weighted by Crippen LogP contribution is -2.40. The van der Waals surface area contributed by atoms with Crippen LogP contribution in [0.3, 0.4) is 0 Å². The van der Waals surface area contributed by atoms with E-state index in [4.69, 9.17) is 0 Å². The van der Waals surface area contributed by atoms with Gasteiger partial charge in [-0.2, -0.15) is 0 Å². The smallest absolute Gasteiger partial charge is 0.445 e. The van der Waals surface area contributed by atoms with Gasteiger partial charge in [-0.1, -0.05) is 20.8 Å². The molecule has 1 heterocycles. The van der Waals surface area contributed by atoms with E-state index < -0.39 is 12.4 Å². The molecule has 0 radical (unpaired) electrons. The molecule has 100 valence electrons. The lowest BCUT2D eigenvalue weighted by molar-refractivity contribution is 0.119. The molecule has 0 atom stereocenters. The van der Waals surface area contributed by atoms with Crippen LogP contribution in [0, 0.1) is 11.3 Å². The number of piperidine rings is 1. The number of hydrogen-bond donors (Lipinski definition) is 0. The SMILES string of the molecule is C=C(CN1CCC(C(C)(C)C)CC1)[B-](F)(F)F. The van der Waals surface area contributed by atoms with E-state index in [-0.39, 0.29) is 12.0 Å². The van der Waals surface area contributed by atoms with Gasteiger partial charge < -0.3 is 17.8 Å². The van der Waals surface area contributed by atoms with Crippen molar-refractivity contribution >= 4 is 6.98 Å². The van der Waals surface area contributed by atoms with E-state index in [1.54, 1.807) is 0 Å². The first-order valence-electron chi connectivity index (χ1n) is 6.20. The van der Waals surface area contributed by atoms with Gasteiger partial charge in [0.05, 0.1) is 0 Å². The van der Waals surface area contributed by atoms with Crippen molar-refractivity contribution in [2.24, 2.45) is 11.3 Å². The quantitative estimate of drug-likeness (QED) is 0.688. The molecule has 0 aromatic rings. The van der Waals surface area contributed by atoms with Crippen molar-refractivity contribution in [1.82, 2.24) is 4.90 Å². The van der Waals surface area contributed by atoms with Gasteiger partial charge in [0.15, 0.2) is 0 Å². The second kappa shape index (κ2) is 5.05. The largest absolute Gasteiger partial charge is 0.506 e. The molecule has 0 aromatic heterocycles. The summed E-state index contributed by atoms with van der Waals surface area (Å²) < 4.78 is 37.2. The maximum absolute atomic E-state index is 12.4. The van der Waals surface area contributed by atoms with Gasteiger partial charge in [-0.25, -0.2) is 0 Å². The molecule has 0 N–H and O–H groups in total. The molecule has 17 heavy (non-hydrogen) atoms. The Hall–Kier alpha value is -0.445. The second-order valence-corrected chi connectivity index (χ2v) is 6.15. The van der Waals surface area contributed by atoms with Crippen molar-refractivity contribution in [1.29, 1.82) is 0 Å². The molecular weight excluding hydrogens is 226 g/mol. The van der Waals surface area contributed by atoms with Crippen molar-refractivity contribution in [2.75, 3.05) is 19.6 Å². The van der Waals surface area contributed by atoms with Crippen LogP contribution in [0.5, 0.6) is 0 Å². The summed E-state index contributed by atoms with van der Waals surface area (Å²) in [5.41, 5.74) is -0.309. The molecule has 0 amide bonds. The van der Waals surface area contributed by atoms with Gasteiger partial charge in [0.25, 0.3) is 0 Å². The molecule has 0 aliphatic carbocycles. The van der Waals surface area contributed by atoms with Crippen molar-refractivity contribution in [3.05, 3.63) is 12.1 Å². The lowest BCUT2D eigenvalue weighted by atomic mass is 9.74. The minimum atomic E-state index is -4.87. The fraction of sp³-hybridized carbons (Fsp3) is 0.833. The van der Waals surface area contributed by atoms with Crippen LogP contribution in [0.15, 0.2) is 12.1 Å². The summed E-state index contributed by atoms with van der Waals surface area (Å²) in [6, 6.07) is 0. The highest BCUT2D eigenvalue weighted by atomic mass is 19.4. The molecule has 1 nitrogen and oxygen atoms in total. The van der Waals surface area contributed by atoms with Crippen molar-refractivity contribution in [3.8, 4) is 0 Å². The normalized spacial score (nSPS) is 20.6. The van der Waals surface area contributed by atoms with Crippen LogP contribution >= 0.6 is 0 Å². The standard InChI is InChI=1S/C12H22BF3N/c1-10(13(14,15)16)9-17-7-5-11(6-8-17)12(2,3)4/h11H,1,5-9H2,2-4H3/q-1. The van der Waals surface area contributed by atoms with Crippen LogP contribution in [0.1, 0.15) is 33.6 Å². The minimum Gasteiger partial charge on any atom is -0.445 e. The second-order valence-electron chi connectivity index (χ2n) is 6.15. The number of hydrogen-bond acceptors (Lipinski definition) is 1. The molecule has 5 heteroatoms. The van der Waals surface area contributed by atoms with E-state index >= 15 is 0 Å². The minimum absolute atomic E-state index is 0.0135. The average molecular weight is 248 g/mol. The highest BCUT2D eigenvalue weighted by molar-refractivity contribution is 6.66. The third kappa shape index (κ3) is 4.38. The van der Waals surface area contributed by atoms with Crippen molar-refractivity contribution in [2.45, 2.75) is 33.6 Å². The predicted octanol–water partition coefficient (Wildman–Crippen LogP) is 3.69. The maximum atomic E-state index is 12.4. The van der Waals surface area contributed by atoms with Gasteiger partial charge in [-0.05, 0) is 43.8 Å². The Labute approximate surface area is 102 Å². The first-order chi connectivity index (χ1) is 7.60. The Kier molecular flexibility index (Phi) is 4.34. The fourth-order valence-electron chi connectivity index (χ4n) is 2.35. The Morgan fingerprint density at radius 2 is 1.71 bits per heavy atom. The van der Waals surface area contributed by atoms with E-state index in [0.29, 0.717) is 5.92 Å². The Morgan fingerprint density at radius 1 is 1.24 bits per heavy atom. The predicted molar refractivity (Wildman–Crippen MR) is 66.8 cm³/mol. The van der Waals surface area contributed by atoms with Crippen LogP contribution in [-0.2, 0) is 0 Å². The summed E-state index contributed by atoms with van der Waals surface area (Å²) in [6.07, 6.45) is 1.98. The molecule has 1 rings (SSSR count). The lowest BCUT2D eigenvalue weighted by Gasteiger charge is -2.39. The monoisotopic (exact) mass is 248 g/mol. The highest BCUT2D eigenvalue weighted by Crippen LogP contribution is 2.34. The molecule has 1 aliphatic rings. The van der Waals surface area contributed by atoms with Gasteiger partial charge in [0.1, 0.15) is 0 Å². The van der Waals surface area contributed by atoms with Crippen molar-refractivity contribution < 1.29 is 12.9 Å². The summed E-state index contributed by atoms with van der Waals surface area (Å²) in [7, 11) is 0. The maximum Gasteiger partial charge on any atom is 0.506 e. The zero-order chi connectivity index (χ0) is 13.3. The van der Waals surface area contributed by atoms with Crippen LogP contribution in [0.4, 0.5) is 12.9 Å². The first kappa shape index (κ1) is 14.6. The number of rotatable bonds is 3. The molecular formula is C12H22BF3N-. The average Bonchev–Trinajstić information content (AvgIpc) is 2.15. The fourth-order valence-corrected chi connectivity index (χ4v) is 2.35. The Balaban J connectivity index is 2.41. The summed E-state index contributed by atoms with van der Waals surface area (Å²) in [4.78, 5) is 1.87. The number of halogens is 3. The van der Waals surface area contributed by atoms with Crippen LogP contribution in [0.25, 0.3) is 0 Å². The van der Waals surface area contributed by atoms with Gasteiger partial charge in [-0.3, -0.25) is 0 Å². The van der Waals surface area contributed by atoms with E-state index in [9.17, 15) is 12.9 Å². The summed E-state index contributed by atoms with van der Waals surface area (Å²) >= 11 is 0. The van der Waals surface area contributed by atoms with E-state index in [0.717, 1.165) is 25.9 Å². The molecule has 1 saturated heterocycles. The Bertz CT molecular complexity index is 272. The summed E-state index contributed by atoms with van der Waals surface area (Å²) in [6.45, 7) is 6.38. The zero-order valence-electron chi connectivity index (χ0n) is 11.0. The van der Waals surface area contributed by atoms with Gasteiger partial charge in [-0.15, -0.1) is 12.1 Å². The van der Waals surface area contributed by atoms with Gasteiger partial charge in [0.2, 0.25) is 0 Å². The van der Waals surface area contributed by atoms with Gasteiger partial charge in [0, 0.05) is 0 Å². The summed E-state index contributed by atoms with van der Waals surface area (Å²) in [5.74, 6) is 0.614. The van der Waals surface area contributed by atoms with Crippen molar-refractivity contribution in [3.63, 3.8) is 0 Å². The molecule has 0 unspecified atom stereocenters.